The molecule has 0 fully saturated rings. The molecule has 2 aromatic rings. The van der Waals surface area contributed by atoms with E-state index in [2.05, 4.69) is 5.10 Å². The van der Waals surface area contributed by atoms with Gasteiger partial charge in [0, 0.05) is 6.20 Å². The van der Waals surface area contributed by atoms with E-state index in [1.807, 2.05) is 26.1 Å². The molecule has 2 rings (SSSR count). The topological polar surface area (TPSA) is 34.4 Å². The van der Waals surface area contributed by atoms with Crippen molar-refractivity contribution in [3.05, 3.63) is 35.2 Å². The maximum atomic E-state index is 11.3. The van der Waals surface area contributed by atoms with E-state index in [0.29, 0.717) is 5.56 Å². The van der Waals surface area contributed by atoms with E-state index in [1.54, 1.807) is 17.6 Å². The number of ketones is 1. The van der Waals surface area contributed by atoms with Crippen LogP contribution in [0.4, 0.5) is 0 Å². The van der Waals surface area contributed by atoms with Crippen molar-refractivity contribution < 1.29 is 4.79 Å². The number of carbonyl (C=O) groups excluding carboxylic acids is 1. The summed E-state index contributed by atoms with van der Waals surface area (Å²) in [5.74, 6) is 0.0636. The Labute approximate surface area is 82.4 Å². The summed E-state index contributed by atoms with van der Waals surface area (Å²) in [5, 5.41) is 4.14. The normalized spacial score (nSPS) is 10.8. The molecule has 0 aromatic carbocycles. The number of Topliss-reactive ketones (excluding diaryl/α,β-unsaturated/α-hetero) is 1. The zero-order chi connectivity index (χ0) is 10.3. The van der Waals surface area contributed by atoms with E-state index in [-0.39, 0.29) is 5.78 Å². The number of hydrogen-bond donors (Lipinski definition) is 0. The van der Waals surface area contributed by atoms with E-state index < -0.39 is 0 Å². The standard InChI is InChI=1S/C11H12N2O/c1-7-4-5-13-11(8(7)2)10(6-12-13)9(3)14/h4-6H,1-3H3. The molecule has 3 nitrogen and oxygen atoms in total. The largest absolute Gasteiger partial charge is 0.294 e. The molecule has 0 atom stereocenters. The quantitative estimate of drug-likeness (QED) is 0.642. The molecule has 0 N–H and O–H groups in total. The molecule has 0 aliphatic rings. The molecule has 0 unspecified atom stereocenters. The van der Waals surface area contributed by atoms with Crippen LogP contribution in [0.5, 0.6) is 0 Å². The van der Waals surface area contributed by atoms with Gasteiger partial charge < -0.3 is 0 Å². The summed E-state index contributed by atoms with van der Waals surface area (Å²) in [6.45, 7) is 5.61. The highest BCUT2D eigenvalue weighted by Crippen LogP contribution is 2.18. The monoisotopic (exact) mass is 188 g/mol. The summed E-state index contributed by atoms with van der Waals surface area (Å²) < 4.78 is 1.75. The Hall–Kier alpha value is -1.64. The molecule has 0 amide bonds. The fraction of sp³-hybridized carbons (Fsp3) is 0.273. The van der Waals surface area contributed by atoms with Crippen LogP contribution in [0.15, 0.2) is 18.5 Å². The second kappa shape index (κ2) is 2.94. The van der Waals surface area contributed by atoms with Crippen LogP contribution >= 0.6 is 0 Å². The number of hydrogen-bond acceptors (Lipinski definition) is 2. The maximum absolute atomic E-state index is 11.3. The second-order valence-corrected chi connectivity index (χ2v) is 3.53. The molecule has 72 valence electrons. The summed E-state index contributed by atoms with van der Waals surface area (Å²) >= 11 is 0. The lowest BCUT2D eigenvalue weighted by Crippen LogP contribution is -1.96. The summed E-state index contributed by atoms with van der Waals surface area (Å²) in [7, 11) is 0. The zero-order valence-electron chi connectivity index (χ0n) is 8.53. The fourth-order valence-corrected chi connectivity index (χ4v) is 1.60. The molecule has 2 aromatic heterocycles. The third-order valence-corrected chi connectivity index (χ3v) is 2.59. The first kappa shape index (κ1) is 8.94. The van der Waals surface area contributed by atoms with E-state index in [4.69, 9.17) is 0 Å². The lowest BCUT2D eigenvalue weighted by atomic mass is 10.1. The molecule has 2 heterocycles. The molecule has 0 aliphatic carbocycles. The van der Waals surface area contributed by atoms with E-state index in [0.717, 1.165) is 11.1 Å². The summed E-state index contributed by atoms with van der Waals surface area (Å²) in [6.07, 6.45) is 3.51. The number of rotatable bonds is 1. The van der Waals surface area contributed by atoms with E-state index >= 15 is 0 Å². The van der Waals surface area contributed by atoms with Crippen LogP contribution in [-0.4, -0.2) is 15.4 Å². The van der Waals surface area contributed by atoms with Gasteiger partial charge in [0.05, 0.1) is 17.3 Å². The summed E-state index contributed by atoms with van der Waals surface area (Å²) in [5.41, 5.74) is 3.93. The lowest BCUT2D eigenvalue weighted by molar-refractivity contribution is 0.101. The van der Waals surface area contributed by atoms with Gasteiger partial charge in [-0.25, -0.2) is 4.52 Å². The van der Waals surface area contributed by atoms with Crippen LogP contribution in [0.1, 0.15) is 28.4 Å². The highest BCUT2D eigenvalue weighted by molar-refractivity contribution is 6.01. The van der Waals surface area contributed by atoms with Crippen molar-refractivity contribution in [2.45, 2.75) is 20.8 Å². The van der Waals surface area contributed by atoms with Crippen molar-refractivity contribution in [2.24, 2.45) is 0 Å². The van der Waals surface area contributed by atoms with Gasteiger partial charge in [0.1, 0.15) is 0 Å². The molecule has 0 bridgehead atoms. The smallest absolute Gasteiger partial charge is 0.163 e. The van der Waals surface area contributed by atoms with Crippen molar-refractivity contribution in [2.75, 3.05) is 0 Å². The maximum Gasteiger partial charge on any atom is 0.163 e. The molecule has 3 heteroatoms. The highest BCUT2D eigenvalue weighted by Gasteiger charge is 2.11. The predicted octanol–water partition coefficient (Wildman–Crippen LogP) is 2.15. The van der Waals surface area contributed by atoms with Gasteiger partial charge in [0.15, 0.2) is 5.78 Å². The molecule has 0 radical (unpaired) electrons. The molecule has 14 heavy (non-hydrogen) atoms. The predicted molar refractivity (Wildman–Crippen MR) is 54.7 cm³/mol. The number of aryl methyl sites for hydroxylation is 2. The van der Waals surface area contributed by atoms with Gasteiger partial charge >= 0.3 is 0 Å². The van der Waals surface area contributed by atoms with Gasteiger partial charge in [-0.1, -0.05) is 0 Å². The van der Waals surface area contributed by atoms with Crippen molar-refractivity contribution in [3.8, 4) is 0 Å². The third-order valence-electron chi connectivity index (χ3n) is 2.59. The molecular formula is C11H12N2O. The van der Waals surface area contributed by atoms with Gasteiger partial charge in [-0.05, 0) is 38.0 Å². The fourth-order valence-electron chi connectivity index (χ4n) is 1.60. The second-order valence-electron chi connectivity index (χ2n) is 3.53. The summed E-state index contributed by atoms with van der Waals surface area (Å²) in [6, 6.07) is 2.00. The van der Waals surface area contributed by atoms with Gasteiger partial charge in [-0.15, -0.1) is 0 Å². The first-order chi connectivity index (χ1) is 6.61. The lowest BCUT2D eigenvalue weighted by Gasteiger charge is -2.03. The molecule has 0 saturated heterocycles. The van der Waals surface area contributed by atoms with Gasteiger partial charge in [0.2, 0.25) is 0 Å². The molecule has 0 spiro atoms. The van der Waals surface area contributed by atoms with Crippen LogP contribution in [-0.2, 0) is 0 Å². The van der Waals surface area contributed by atoms with Crippen LogP contribution in [0, 0.1) is 13.8 Å². The Morgan fingerprint density at radius 3 is 2.79 bits per heavy atom. The summed E-state index contributed by atoms with van der Waals surface area (Å²) in [4.78, 5) is 11.3. The van der Waals surface area contributed by atoms with E-state index in [1.165, 1.54) is 5.56 Å². The van der Waals surface area contributed by atoms with E-state index in [9.17, 15) is 4.79 Å². The van der Waals surface area contributed by atoms with Crippen LogP contribution < -0.4 is 0 Å². The number of aromatic nitrogens is 2. The van der Waals surface area contributed by atoms with Gasteiger partial charge in [-0.2, -0.15) is 5.10 Å². The highest BCUT2D eigenvalue weighted by atomic mass is 16.1. The average Bonchev–Trinajstić information content (AvgIpc) is 2.55. The average molecular weight is 188 g/mol. The Balaban J connectivity index is 2.89. The first-order valence-corrected chi connectivity index (χ1v) is 4.55. The minimum Gasteiger partial charge on any atom is -0.294 e. The minimum absolute atomic E-state index is 0.0636. The Morgan fingerprint density at radius 1 is 1.43 bits per heavy atom. The van der Waals surface area contributed by atoms with Crippen molar-refractivity contribution in [1.82, 2.24) is 9.61 Å². The third kappa shape index (κ3) is 1.13. The van der Waals surface area contributed by atoms with Crippen LogP contribution in [0.25, 0.3) is 5.52 Å². The van der Waals surface area contributed by atoms with Crippen molar-refractivity contribution in [3.63, 3.8) is 0 Å². The first-order valence-electron chi connectivity index (χ1n) is 4.55. The number of nitrogens with zero attached hydrogens (tertiary/aromatic N) is 2. The van der Waals surface area contributed by atoms with Crippen LogP contribution in [0.2, 0.25) is 0 Å². The molecule has 0 saturated carbocycles. The molecule has 0 aliphatic heterocycles. The Kier molecular flexibility index (Phi) is 1.88. The molecular weight excluding hydrogens is 176 g/mol. The Bertz CT molecular complexity index is 511. The van der Waals surface area contributed by atoms with Crippen molar-refractivity contribution >= 4 is 11.3 Å². The number of fused-ring (bicyclic) bond motifs is 1. The van der Waals surface area contributed by atoms with Crippen LogP contribution in [0.3, 0.4) is 0 Å². The minimum atomic E-state index is 0.0636. The van der Waals surface area contributed by atoms with Crippen molar-refractivity contribution in [1.29, 1.82) is 0 Å². The Morgan fingerprint density at radius 2 is 2.14 bits per heavy atom. The zero-order valence-corrected chi connectivity index (χ0v) is 8.53. The van der Waals surface area contributed by atoms with Gasteiger partial charge in [-0.3, -0.25) is 4.79 Å². The number of carbonyl (C=O) groups is 1. The SMILES string of the molecule is CC(=O)c1cnn2ccc(C)c(C)c12. The number of pyridine rings is 1. The van der Waals surface area contributed by atoms with Gasteiger partial charge in [0.25, 0.3) is 0 Å².